The van der Waals surface area contributed by atoms with E-state index < -0.39 is 5.91 Å². The molecule has 0 saturated heterocycles. The Morgan fingerprint density at radius 3 is 2.50 bits per heavy atom. The molecule has 0 aliphatic carbocycles. The standard InChI is InChI=1S/C19H20N2O/c1-12(2)10-15-11-21-18-16(4-3-5-17(15)18)13-6-8-14(9-7-13)19(20)22/h3-9,11-12,21H,10H2,1-2H3,(H2,20,22). The van der Waals surface area contributed by atoms with Crippen LogP contribution < -0.4 is 5.73 Å². The van der Waals surface area contributed by atoms with Crippen molar-refractivity contribution < 1.29 is 4.79 Å². The minimum atomic E-state index is -0.399. The van der Waals surface area contributed by atoms with Crippen LogP contribution in [0.15, 0.2) is 48.7 Å². The monoisotopic (exact) mass is 292 g/mol. The van der Waals surface area contributed by atoms with E-state index in [0.29, 0.717) is 11.5 Å². The van der Waals surface area contributed by atoms with Gasteiger partial charge in [0.15, 0.2) is 0 Å². The summed E-state index contributed by atoms with van der Waals surface area (Å²) in [6.07, 6.45) is 3.16. The lowest BCUT2D eigenvalue weighted by molar-refractivity contribution is 0.100. The minimum Gasteiger partial charge on any atom is -0.366 e. The lowest BCUT2D eigenvalue weighted by atomic mass is 9.98. The number of aromatic nitrogens is 1. The lowest BCUT2D eigenvalue weighted by Gasteiger charge is -2.06. The fourth-order valence-electron chi connectivity index (χ4n) is 2.88. The van der Waals surface area contributed by atoms with Gasteiger partial charge >= 0.3 is 0 Å². The highest BCUT2D eigenvalue weighted by molar-refractivity contribution is 5.97. The van der Waals surface area contributed by atoms with Crippen molar-refractivity contribution in [1.29, 1.82) is 0 Å². The largest absolute Gasteiger partial charge is 0.366 e. The third kappa shape index (κ3) is 2.62. The molecule has 0 aliphatic heterocycles. The molecule has 3 N–H and O–H groups in total. The van der Waals surface area contributed by atoms with E-state index >= 15 is 0 Å². The average molecular weight is 292 g/mol. The van der Waals surface area contributed by atoms with Crippen molar-refractivity contribution in [3.05, 3.63) is 59.8 Å². The van der Waals surface area contributed by atoms with E-state index in [4.69, 9.17) is 5.73 Å². The summed E-state index contributed by atoms with van der Waals surface area (Å²) >= 11 is 0. The van der Waals surface area contributed by atoms with Crippen LogP contribution in [0.3, 0.4) is 0 Å². The summed E-state index contributed by atoms with van der Waals surface area (Å²) in [5.74, 6) is 0.223. The van der Waals surface area contributed by atoms with Crippen molar-refractivity contribution in [3.63, 3.8) is 0 Å². The Bertz CT molecular complexity index is 813. The first kappa shape index (κ1) is 14.4. The van der Waals surface area contributed by atoms with Crippen LogP contribution in [0.4, 0.5) is 0 Å². The van der Waals surface area contributed by atoms with Crippen molar-refractivity contribution in [1.82, 2.24) is 4.98 Å². The molecular formula is C19H20N2O. The molecule has 3 rings (SSSR count). The third-order valence-corrected chi connectivity index (χ3v) is 3.91. The van der Waals surface area contributed by atoms with Gasteiger partial charge in [-0.2, -0.15) is 0 Å². The van der Waals surface area contributed by atoms with Crippen LogP contribution in [0.1, 0.15) is 29.8 Å². The van der Waals surface area contributed by atoms with Crippen LogP contribution in [0, 0.1) is 5.92 Å². The van der Waals surface area contributed by atoms with E-state index in [0.717, 1.165) is 23.1 Å². The van der Waals surface area contributed by atoms with Crippen molar-refractivity contribution in [2.45, 2.75) is 20.3 Å². The fourth-order valence-corrected chi connectivity index (χ4v) is 2.88. The van der Waals surface area contributed by atoms with Gasteiger partial charge in [-0.15, -0.1) is 0 Å². The molecule has 0 atom stereocenters. The first-order valence-corrected chi connectivity index (χ1v) is 7.55. The van der Waals surface area contributed by atoms with Gasteiger partial charge < -0.3 is 10.7 Å². The molecule has 0 unspecified atom stereocenters. The van der Waals surface area contributed by atoms with Gasteiger partial charge in [-0.25, -0.2) is 0 Å². The topological polar surface area (TPSA) is 58.9 Å². The quantitative estimate of drug-likeness (QED) is 0.746. The van der Waals surface area contributed by atoms with Crippen molar-refractivity contribution in [2.75, 3.05) is 0 Å². The van der Waals surface area contributed by atoms with Crippen LogP contribution >= 0.6 is 0 Å². The Hall–Kier alpha value is -2.55. The van der Waals surface area contributed by atoms with Gasteiger partial charge in [0, 0.05) is 22.7 Å². The number of aromatic amines is 1. The number of benzene rings is 2. The smallest absolute Gasteiger partial charge is 0.248 e. The maximum absolute atomic E-state index is 11.2. The number of rotatable bonds is 4. The molecule has 22 heavy (non-hydrogen) atoms. The lowest BCUT2D eigenvalue weighted by Crippen LogP contribution is -2.10. The molecule has 112 valence electrons. The second-order valence-corrected chi connectivity index (χ2v) is 6.08. The first-order chi connectivity index (χ1) is 10.6. The average Bonchev–Trinajstić information content (AvgIpc) is 2.90. The van der Waals surface area contributed by atoms with E-state index in [-0.39, 0.29) is 0 Å². The SMILES string of the molecule is CC(C)Cc1c[nH]c2c(-c3ccc(C(N)=O)cc3)cccc12. The highest BCUT2D eigenvalue weighted by Crippen LogP contribution is 2.30. The van der Waals surface area contributed by atoms with Crippen LogP contribution in [0.25, 0.3) is 22.0 Å². The van der Waals surface area contributed by atoms with E-state index in [9.17, 15) is 4.79 Å². The van der Waals surface area contributed by atoms with E-state index in [1.165, 1.54) is 10.9 Å². The number of carbonyl (C=O) groups excluding carboxylic acids is 1. The van der Waals surface area contributed by atoms with Gasteiger partial charge in [0.05, 0.1) is 5.52 Å². The molecule has 3 heteroatoms. The second-order valence-electron chi connectivity index (χ2n) is 6.08. The fraction of sp³-hybridized carbons (Fsp3) is 0.211. The maximum atomic E-state index is 11.2. The number of fused-ring (bicyclic) bond motifs is 1. The van der Waals surface area contributed by atoms with E-state index in [1.807, 2.05) is 12.1 Å². The number of hydrogen-bond donors (Lipinski definition) is 2. The molecule has 3 nitrogen and oxygen atoms in total. The summed E-state index contributed by atoms with van der Waals surface area (Å²) in [6.45, 7) is 4.45. The zero-order valence-corrected chi connectivity index (χ0v) is 12.9. The molecule has 1 amide bonds. The summed E-state index contributed by atoms with van der Waals surface area (Å²) in [5.41, 5.74) is 10.5. The molecular weight excluding hydrogens is 272 g/mol. The summed E-state index contributed by atoms with van der Waals surface area (Å²) in [4.78, 5) is 14.6. The number of nitrogens with one attached hydrogen (secondary N) is 1. The van der Waals surface area contributed by atoms with Gasteiger partial charge in [-0.3, -0.25) is 4.79 Å². The summed E-state index contributed by atoms with van der Waals surface area (Å²) in [6, 6.07) is 13.8. The number of amides is 1. The summed E-state index contributed by atoms with van der Waals surface area (Å²) in [7, 11) is 0. The molecule has 3 aromatic rings. The predicted octanol–water partition coefficient (Wildman–Crippen LogP) is 4.13. The van der Waals surface area contributed by atoms with Gasteiger partial charge in [0.25, 0.3) is 0 Å². The summed E-state index contributed by atoms with van der Waals surface area (Å²) < 4.78 is 0. The van der Waals surface area contributed by atoms with Crippen molar-refractivity contribution in [3.8, 4) is 11.1 Å². The van der Waals surface area contributed by atoms with Gasteiger partial charge in [0.2, 0.25) is 5.91 Å². The summed E-state index contributed by atoms with van der Waals surface area (Å²) in [5, 5.41) is 1.27. The molecule has 1 aromatic heterocycles. The second kappa shape index (κ2) is 5.68. The zero-order chi connectivity index (χ0) is 15.7. The number of hydrogen-bond acceptors (Lipinski definition) is 1. The number of H-pyrrole nitrogens is 1. The highest BCUT2D eigenvalue weighted by atomic mass is 16.1. The number of primary amides is 1. The number of nitrogens with two attached hydrogens (primary N) is 1. The predicted molar refractivity (Wildman–Crippen MR) is 90.8 cm³/mol. The Balaban J connectivity index is 2.07. The normalized spacial score (nSPS) is 11.2. The minimum absolute atomic E-state index is 0.399. The molecule has 0 spiro atoms. The van der Waals surface area contributed by atoms with Crippen molar-refractivity contribution in [2.24, 2.45) is 11.7 Å². The highest BCUT2D eigenvalue weighted by Gasteiger charge is 2.10. The van der Waals surface area contributed by atoms with Crippen LogP contribution in [0.2, 0.25) is 0 Å². The van der Waals surface area contributed by atoms with Crippen molar-refractivity contribution >= 4 is 16.8 Å². The molecule has 0 aliphatic rings. The van der Waals surface area contributed by atoms with E-state index in [2.05, 4.69) is 43.2 Å². The molecule has 0 radical (unpaired) electrons. The van der Waals surface area contributed by atoms with Gasteiger partial charge in [-0.1, -0.05) is 44.2 Å². The van der Waals surface area contributed by atoms with E-state index in [1.54, 1.807) is 12.1 Å². The molecule has 0 bridgehead atoms. The van der Waals surface area contributed by atoms with Gasteiger partial charge in [-0.05, 0) is 35.6 Å². The first-order valence-electron chi connectivity index (χ1n) is 7.55. The zero-order valence-electron chi connectivity index (χ0n) is 12.9. The maximum Gasteiger partial charge on any atom is 0.248 e. The number of para-hydroxylation sites is 1. The van der Waals surface area contributed by atoms with Crippen LogP contribution in [0.5, 0.6) is 0 Å². The molecule has 0 fully saturated rings. The Labute approximate surface area is 130 Å². The molecule has 1 heterocycles. The van der Waals surface area contributed by atoms with Crippen LogP contribution in [-0.4, -0.2) is 10.9 Å². The third-order valence-electron chi connectivity index (χ3n) is 3.91. The molecule has 2 aromatic carbocycles. The Kier molecular flexibility index (Phi) is 3.72. The Morgan fingerprint density at radius 2 is 1.86 bits per heavy atom. The molecule has 0 saturated carbocycles. The number of carbonyl (C=O) groups is 1. The van der Waals surface area contributed by atoms with Crippen LogP contribution in [-0.2, 0) is 6.42 Å². The van der Waals surface area contributed by atoms with Gasteiger partial charge in [0.1, 0.15) is 0 Å². The Morgan fingerprint density at radius 1 is 1.14 bits per heavy atom.